The number of pyridine rings is 1. The number of carbonyl (C=O) groups excluding carboxylic acids is 1. The molecule has 0 radical (unpaired) electrons. The van der Waals surface area contributed by atoms with Crippen molar-refractivity contribution in [2.75, 3.05) is 0 Å². The largest absolute Gasteiger partial charge is 0.298 e. The molecule has 1 saturated carbocycles. The van der Waals surface area contributed by atoms with Crippen LogP contribution in [0.2, 0.25) is 0 Å². The number of nitrogens with zero attached hydrogens (tertiary/aromatic N) is 1. The molecule has 0 unspecified atom stereocenters. The van der Waals surface area contributed by atoms with Crippen LogP contribution in [0.25, 0.3) is 0 Å². The molecule has 1 heterocycles. The van der Waals surface area contributed by atoms with Gasteiger partial charge in [-0.05, 0) is 18.9 Å². The lowest BCUT2D eigenvalue weighted by molar-refractivity contribution is 0.112. The maximum atomic E-state index is 12.9. The molecule has 2 nitrogen and oxygen atoms in total. The van der Waals surface area contributed by atoms with E-state index >= 15 is 0 Å². The minimum atomic E-state index is -0.562. The Bertz CT molecular complexity index is 358. The third kappa shape index (κ3) is 1.46. The van der Waals surface area contributed by atoms with E-state index in [2.05, 4.69) is 4.98 Å². The SMILES string of the molecule is CC1(c2cc(C=O)cc(F)n2)CC1. The van der Waals surface area contributed by atoms with Crippen molar-refractivity contribution in [3.05, 3.63) is 29.3 Å². The molecule has 13 heavy (non-hydrogen) atoms. The van der Waals surface area contributed by atoms with Crippen LogP contribution in [-0.4, -0.2) is 11.3 Å². The molecule has 0 N–H and O–H groups in total. The van der Waals surface area contributed by atoms with Crippen molar-refractivity contribution >= 4 is 6.29 Å². The summed E-state index contributed by atoms with van der Waals surface area (Å²) in [6.45, 7) is 2.03. The van der Waals surface area contributed by atoms with Crippen LogP contribution in [-0.2, 0) is 5.41 Å². The molecule has 0 saturated heterocycles. The van der Waals surface area contributed by atoms with Gasteiger partial charge in [-0.2, -0.15) is 4.39 Å². The first-order valence-corrected chi connectivity index (χ1v) is 4.27. The van der Waals surface area contributed by atoms with Crippen molar-refractivity contribution in [3.8, 4) is 0 Å². The van der Waals surface area contributed by atoms with E-state index < -0.39 is 5.95 Å². The molecule has 2 rings (SSSR count). The number of hydrogen-bond donors (Lipinski definition) is 0. The average Bonchev–Trinajstić information content (AvgIpc) is 2.84. The number of aldehydes is 1. The Morgan fingerprint density at radius 2 is 2.23 bits per heavy atom. The first-order chi connectivity index (χ1) is 6.14. The predicted octanol–water partition coefficient (Wildman–Crippen LogP) is 2.08. The van der Waals surface area contributed by atoms with Gasteiger partial charge in [-0.3, -0.25) is 4.79 Å². The maximum Gasteiger partial charge on any atom is 0.213 e. The fourth-order valence-corrected chi connectivity index (χ4v) is 1.34. The van der Waals surface area contributed by atoms with Gasteiger partial charge in [0.1, 0.15) is 6.29 Å². The van der Waals surface area contributed by atoms with E-state index in [0.29, 0.717) is 17.5 Å². The smallest absolute Gasteiger partial charge is 0.213 e. The first-order valence-electron chi connectivity index (χ1n) is 4.27. The second-order valence-electron chi connectivity index (χ2n) is 3.79. The van der Waals surface area contributed by atoms with Crippen LogP contribution >= 0.6 is 0 Å². The molecule has 0 spiro atoms. The van der Waals surface area contributed by atoms with Crippen molar-refractivity contribution in [2.24, 2.45) is 0 Å². The highest BCUT2D eigenvalue weighted by Crippen LogP contribution is 2.46. The van der Waals surface area contributed by atoms with E-state index in [-0.39, 0.29) is 5.41 Å². The highest BCUT2D eigenvalue weighted by atomic mass is 19.1. The zero-order chi connectivity index (χ0) is 9.47. The minimum Gasteiger partial charge on any atom is -0.298 e. The summed E-state index contributed by atoms with van der Waals surface area (Å²) in [5.74, 6) is -0.562. The average molecular weight is 179 g/mol. The van der Waals surface area contributed by atoms with Gasteiger partial charge < -0.3 is 0 Å². The Hall–Kier alpha value is -1.25. The van der Waals surface area contributed by atoms with E-state index in [4.69, 9.17) is 0 Å². The summed E-state index contributed by atoms with van der Waals surface area (Å²) in [6.07, 6.45) is 2.71. The second kappa shape index (κ2) is 2.62. The monoisotopic (exact) mass is 179 g/mol. The Kier molecular flexibility index (Phi) is 1.68. The van der Waals surface area contributed by atoms with Gasteiger partial charge in [-0.1, -0.05) is 6.92 Å². The summed E-state index contributed by atoms with van der Waals surface area (Å²) in [5, 5.41) is 0. The van der Waals surface area contributed by atoms with E-state index in [9.17, 15) is 9.18 Å². The minimum absolute atomic E-state index is 0.0137. The summed E-state index contributed by atoms with van der Waals surface area (Å²) in [7, 11) is 0. The van der Waals surface area contributed by atoms with Crippen LogP contribution in [0.3, 0.4) is 0 Å². The molecule has 68 valence electrons. The van der Waals surface area contributed by atoms with Gasteiger partial charge in [-0.15, -0.1) is 0 Å². The molecular weight excluding hydrogens is 169 g/mol. The molecular formula is C10H10FNO. The van der Waals surface area contributed by atoms with Crippen molar-refractivity contribution < 1.29 is 9.18 Å². The lowest BCUT2D eigenvalue weighted by Gasteiger charge is -2.07. The van der Waals surface area contributed by atoms with Crippen LogP contribution < -0.4 is 0 Å². The summed E-state index contributed by atoms with van der Waals surface area (Å²) < 4.78 is 12.9. The van der Waals surface area contributed by atoms with Gasteiger partial charge in [0.05, 0.1) is 5.69 Å². The second-order valence-corrected chi connectivity index (χ2v) is 3.79. The van der Waals surface area contributed by atoms with E-state index in [0.717, 1.165) is 18.9 Å². The van der Waals surface area contributed by atoms with Crippen LogP contribution in [0, 0.1) is 5.95 Å². The third-order valence-corrected chi connectivity index (χ3v) is 2.57. The normalized spacial score (nSPS) is 18.3. The molecule has 0 bridgehead atoms. The molecule has 0 aromatic carbocycles. The standard InChI is InChI=1S/C10H10FNO/c1-10(2-3-10)8-4-7(6-13)5-9(11)12-8/h4-6H,2-3H2,1H3. The molecule has 1 aromatic rings. The molecule has 3 heteroatoms. The Morgan fingerprint density at radius 3 is 2.77 bits per heavy atom. The van der Waals surface area contributed by atoms with Crippen LogP contribution in [0.5, 0.6) is 0 Å². The number of halogens is 1. The molecule has 1 fully saturated rings. The lowest BCUT2D eigenvalue weighted by atomic mass is 10.0. The van der Waals surface area contributed by atoms with Gasteiger partial charge >= 0.3 is 0 Å². The van der Waals surface area contributed by atoms with Crippen LogP contribution in [0.4, 0.5) is 4.39 Å². The van der Waals surface area contributed by atoms with E-state index in [1.165, 1.54) is 0 Å². The molecule has 1 aromatic heterocycles. The maximum absolute atomic E-state index is 12.9. The Balaban J connectivity index is 2.46. The molecule has 0 aliphatic heterocycles. The summed E-state index contributed by atoms with van der Waals surface area (Å²) >= 11 is 0. The highest BCUT2D eigenvalue weighted by Gasteiger charge is 2.40. The van der Waals surface area contributed by atoms with Crippen molar-refractivity contribution in [2.45, 2.75) is 25.2 Å². The van der Waals surface area contributed by atoms with Crippen molar-refractivity contribution in [1.29, 1.82) is 0 Å². The van der Waals surface area contributed by atoms with Crippen molar-refractivity contribution in [3.63, 3.8) is 0 Å². The summed E-state index contributed by atoms with van der Waals surface area (Å²) in [5.41, 5.74) is 1.09. The number of aromatic nitrogens is 1. The summed E-state index contributed by atoms with van der Waals surface area (Å²) in [6, 6.07) is 2.82. The van der Waals surface area contributed by atoms with E-state index in [1.54, 1.807) is 6.07 Å². The van der Waals surface area contributed by atoms with E-state index in [1.807, 2.05) is 6.92 Å². The lowest BCUT2D eigenvalue weighted by Crippen LogP contribution is -2.05. The fourth-order valence-electron chi connectivity index (χ4n) is 1.34. The quantitative estimate of drug-likeness (QED) is 0.514. The molecule has 1 aliphatic carbocycles. The molecule has 0 amide bonds. The van der Waals surface area contributed by atoms with Gasteiger partial charge in [0.15, 0.2) is 0 Å². The number of hydrogen-bond acceptors (Lipinski definition) is 2. The zero-order valence-electron chi connectivity index (χ0n) is 7.38. The van der Waals surface area contributed by atoms with Gasteiger partial charge in [0.2, 0.25) is 5.95 Å². The van der Waals surface area contributed by atoms with Crippen molar-refractivity contribution in [1.82, 2.24) is 4.98 Å². The van der Waals surface area contributed by atoms with Crippen LogP contribution in [0.1, 0.15) is 35.8 Å². The van der Waals surface area contributed by atoms with Crippen LogP contribution in [0.15, 0.2) is 12.1 Å². The number of rotatable bonds is 2. The van der Waals surface area contributed by atoms with Gasteiger partial charge in [0, 0.05) is 17.0 Å². The van der Waals surface area contributed by atoms with Gasteiger partial charge in [-0.25, -0.2) is 4.98 Å². The Morgan fingerprint density at radius 1 is 1.54 bits per heavy atom. The number of carbonyl (C=O) groups is 1. The third-order valence-electron chi connectivity index (χ3n) is 2.57. The molecule has 1 aliphatic rings. The predicted molar refractivity (Wildman–Crippen MR) is 46.2 cm³/mol. The van der Waals surface area contributed by atoms with Gasteiger partial charge in [0.25, 0.3) is 0 Å². The highest BCUT2D eigenvalue weighted by molar-refractivity contribution is 5.74. The first kappa shape index (κ1) is 8.35. The zero-order valence-corrected chi connectivity index (χ0v) is 7.38. The topological polar surface area (TPSA) is 30.0 Å². The summed E-state index contributed by atoms with van der Waals surface area (Å²) in [4.78, 5) is 14.3. The Labute approximate surface area is 75.8 Å². The molecule has 0 atom stereocenters. The fraction of sp³-hybridized carbons (Fsp3) is 0.400.